The molecule has 0 aliphatic heterocycles. The van der Waals surface area contributed by atoms with Crippen molar-refractivity contribution in [2.45, 2.75) is 12.5 Å². The molecule has 1 N–H and O–H groups in total. The number of hydrogen-bond acceptors (Lipinski definition) is 4. The van der Waals surface area contributed by atoms with Gasteiger partial charge in [0.15, 0.2) is 0 Å². The van der Waals surface area contributed by atoms with E-state index in [1.165, 1.54) is 11.2 Å². The number of rotatable bonds is 3. The molecule has 2 aromatic rings. The van der Waals surface area contributed by atoms with Gasteiger partial charge in [-0.1, -0.05) is 6.07 Å². The highest BCUT2D eigenvalue weighted by atomic mass is 32.1. The van der Waals surface area contributed by atoms with Crippen LogP contribution in [0.1, 0.15) is 16.5 Å². The quantitative estimate of drug-likeness (QED) is 0.833. The van der Waals surface area contributed by atoms with Crippen LogP contribution in [-0.2, 0) is 6.42 Å². The number of aliphatic hydroxyl groups is 1. The monoisotopic (exact) mass is 206 g/mol. The van der Waals surface area contributed by atoms with Crippen LogP contribution in [0, 0.1) is 0 Å². The Hall–Kier alpha value is -1.26. The summed E-state index contributed by atoms with van der Waals surface area (Å²) in [4.78, 5) is 8.90. The van der Waals surface area contributed by atoms with E-state index in [2.05, 4.69) is 9.97 Å². The smallest absolute Gasteiger partial charge is 0.115 e. The van der Waals surface area contributed by atoms with E-state index in [1.54, 1.807) is 23.7 Å². The lowest BCUT2D eigenvalue weighted by Gasteiger charge is -2.07. The van der Waals surface area contributed by atoms with Crippen LogP contribution in [0.2, 0.25) is 0 Å². The highest BCUT2D eigenvalue weighted by Crippen LogP contribution is 2.19. The van der Waals surface area contributed by atoms with E-state index in [1.807, 2.05) is 17.5 Å². The summed E-state index contributed by atoms with van der Waals surface area (Å²) in [5.74, 6) is 0. The molecule has 14 heavy (non-hydrogen) atoms. The minimum Gasteiger partial charge on any atom is -0.388 e. The topological polar surface area (TPSA) is 46.0 Å². The Labute approximate surface area is 86.1 Å². The summed E-state index contributed by atoms with van der Waals surface area (Å²) < 4.78 is 0. The molecule has 2 heterocycles. The fourth-order valence-electron chi connectivity index (χ4n) is 1.22. The fourth-order valence-corrected chi connectivity index (χ4v) is 1.96. The molecule has 2 rings (SSSR count). The van der Waals surface area contributed by atoms with Crippen LogP contribution in [0.3, 0.4) is 0 Å². The molecule has 0 aliphatic rings. The molecule has 0 amide bonds. The Bertz CT molecular complexity index is 374. The number of aliphatic hydroxyl groups excluding tert-OH is 1. The molecule has 0 radical (unpaired) electrons. The van der Waals surface area contributed by atoms with Gasteiger partial charge in [-0.2, -0.15) is 0 Å². The molecule has 0 fully saturated rings. The van der Waals surface area contributed by atoms with Gasteiger partial charge in [-0.25, -0.2) is 9.97 Å². The van der Waals surface area contributed by atoms with Crippen LogP contribution in [0.15, 0.2) is 36.2 Å². The first-order chi connectivity index (χ1) is 6.86. The van der Waals surface area contributed by atoms with Crippen molar-refractivity contribution >= 4 is 11.3 Å². The van der Waals surface area contributed by atoms with E-state index in [0.29, 0.717) is 6.42 Å². The number of nitrogens with zero attached hydrogens (tertiary/aromatic N) is 2. The van der Waals surface area contributed by atoms with Crippen molar-refractivity contribution in [2.24, 2.45) is 0 Å². The molecule has 1 unspecified atom stereocenters. The first-order valence-corrected chi connectivity index (χ1v) is 5.19. The number of aromatic nitrogens is 2. The van der Waals surface area contributed by atoms with Gasteiger partial charge in [-0.15, -0.1) is 11.3 Å². The molecule has 1 atom stereocenters. The Balaban J connectivity index is 2.07. The van der Waals surface area contributed by atoms with Gasteiger partial charge in [-0.3, -0.25) is 0 Å². The second-order valence-corrected chi connectivity index (χ2v) is 4.00. The summed E-state index contributed by atoms with van der Waals surface area (Å²) in [5.41, 5.74) is 0.765. The highest BCUT2D eigenvalue weighted by Gasteiger charge is 2.09. The first-order valence-electron chi connectivity index (χ1n) is 4.31. The molecule has 72 valence electrons. The lowest BCUT2D eigenvalue weighted by atomic mass is 10.1. The second-order valence-electron chi connectivity index (χ2n) is 2.97. The van der Waals surface area contributed by atoms with Gasteiger partial charge in [0.25, 0.3) is 0 Å². The van der Waals surface area contributed by atoms with Crippen molar-refractivity contribution in [1.29, 1.82) is 0 Å². The largest absolute Gasteiger partial charge is 0.388 e. The van der Waals surface area contributed by atoms with Crippen LogP contribution >= 0.6 is 11.3 Å². The highest BCUT2D eigenvalue weighted by molar-refractivity contribution is 7.09. The summed E-state index contributed by atoms with van der Waals surface area (Å²) >= 11 is 1.65. The zero-order chi connectivity index (χ0) is 9.80. The van der Waals surface area contributed by atoms with Crippen molar-refractivity contribution in [3.05, 3.63) is 46.7 Å². The van der Waals surface area contributed by atoms with Crippen molar-refractivity contribution in [3.8, 4) is 0 Å². The Morgan fingerprint density at radius 3 is 2.79 bits per heavy atom. The maximum Gasteiger partial charge on any atom is 0.115 e. The van der Waals surface area contributed by atoms with Crippen LogP contribution in [-0.4, -0.2) is 15.1 Å². The summed E-state index contributed by atoms with van der Waals surface area (Å²) in [7, 11) is 0. The van der Waals surface area contributed by atoms with E-state index in [9.17, 15) is 5.11 Å². The first kappa shape index (κ1) is 9.30. The predicted molar refractivity (Wildman–Crippen MR) is 55.0 cm³/mol. The van der Waals surface area contributed by atoms with Crippen LogP contribution in [0.4, 0.5) is 0 Å². The maximum atomic E-state index is 9.82. The lowest BCUT2D eigenvalue weighted by molar-refractivity contribution is 0.178. The molecule has 4 heteroatoms. The SMILES string of the molecule is OC(Cc1cccs1)c1cncnc1. The van der Waals surface area contributed by atoms with E-state index in [-0.39, 0.29) is 0 Å². The van der Waals surface area contributed by atoms with E-state index in [0.717, 1.165) is 5.56 Å². The Morgan fingerprint density at radius 2 is 2.14 bits per heavy atom. The molecule has 0 saturated heterocycles. The summed E-state index contributed by atoms with van der Waals surface area (Å²) in [5, 5.41) is 11.8. The molecular formula is C10H10N2OS. The van der Waals surface area contributed by atoms with E-state index < -0.39 is 6.10 Å². The van der Waals surface area contributed by atoms with Gasteiger partial charge >= 0.3 is 0 Å². The van der Waals surface area contributed by atoms with Crippen molar-refractivity contribution < 1.29 is 5.11 Å². The normalized spacial score (nSPS) is 12.6. The molecule has 2 aromatic heterocycles. The lowest BCUT2D eigenvalue weighted by Crippen LogP contribution is -2.01. The number of hydrogen-bond donors (Lipinski definition) is 1. The average Bonchev–Trinajstić information content (AvgIpc) is 2.72. The maximum absolute atomic E-state index is 9.82. The predicted octanol–water partition coefficient (Wildman–Crippen LogP) is 1.81. The zero-order valence-corrected chi connectivity index (χ0v) is 8.31. The summed E-state index contributed by atoms with van der Waals surface area (Å²) in [6.07, 6.45) is 4.87. The van der Waals surface area contributed by atoms with Gasteiger partial charge in [0.2, 0.25) is 0 Å². The molecule has 0 aromatic carbocycles. The zero-order valence-electron chi connectivity index (χ0n) is 7.50. The average molecular weight is 206 g/mol. The second kappa shape index (κ2) is 4.30. The van der Waals surface area contributed by atoms with Gasteiger partial charge in [-0.05, 0) is 11.4 Å². The molecule has 0 bridgehead atoms. The minimum atomic E-state index is -0.505. The third kappa shape index (κ3) is 2.16. The molecule has 0 saturated carbocycles. The van der Waals surface area contributed by atoms with Gasteiger partial charge in [0.1, 0.15) is 6.33 Å². The van der Waals surface area contributed by atoms with Crippen molar-refractivity contribution in [2.75, 3.05) is 0 Å². The molecule has 3 nitrogen and oxygen atoms in total. The Morgan fingerprint density at radius 1 is 1.36 bits per heavy atom. The minimum absolute atomic E-state index is 0.505. The van der Waals surface area contributed by atoms with Gasteiger partial charge in [0.05, 0.1) is 6.10 Å². The van der Waals surface area contributed by atoms with E-state index in [4.69, 9.17) is 0 Å². The van der Waals surface area contributed by atoms with Crippen molar-refractivity contribution in [3.63, 3.8) is 0 Å². The standard InChI is InChI=1S/C10H10N2OS/c13-10(4-9-2-1-3-14-9)8-5-11-7-12-6-8/h1-3,5-7,10,13H,4H2. The van der Waals surface area contributed by atoms with Crippen LogP contribution in [0.5, 0.6) is 0 Å². The Kier molecular flexibility index (Phi) is 2.86. The van der Waals surface area contributed by atoms with Crippen LogP contribution in [0.25, 0.3) is 0 Å². The molecular weight excluding hydrogens is 196 g/mol. The third-order valence-corrected chi connectivity index (χ3v) is 2.84. The van der Waals surface area contributed by atoms with Crippen LogP contribution < -0.4 is 0 Å². The van der Waals surface area contributed by atoms with Crippen molar-refractivity contribution in [1.82, 2.24) is 9.97 Å². The molecule has 0 spiro atoms. The molecule has 0 aliphatic carbocycles. The van der Waals surface area contributed by atoms with Gasteiger partial charge in [0, 0.05) is 29.3 Å². The van der Waals surface area contributed by atoms with Gasteiger partial charge < -0.3 is 5.11 Å². The number of thiophene rings is 1. The summed E-state index contributed by atoms with van der Waals surface area (Å²) in [6.45, 7) is 0. The summed E-state index contributed by atoms with van der Waals surface area (Å²) in [6, 6.07) is 3.99. The van der Waals surface area contributed by atoms with E-state index >= 15 is 0 Å². The fraction of sp³-hybridized carbons (Fsp3) is 0.200. The third-order valence-electron chi connectivity index (χ3n) is 1.94.